The molecule has 0 spiro atoms. The zero-order chi connectivity index (χ0) is 15.7. The Labute approximate surface area is 129 Å². The minimum Gasteiger partial charge on any atom is -0.310 e. The number of aryl methyl sites for hydroxylation is 1. The van der Waals surface area contributed by atoms with E-state index in [1.165, 1.54) is 0 Å². The number of nitrogens with one attached hydrogen (secondary N) is 1. The van der Waals surface area contributed by atoms with Crippen LogP contribution in [0.25, 0.3) is 11.4 Å². The number of hydrogen-bond acceptors (Lipinski definition) is 3. The summed E-state index contributed by atoms with van der Waals surface area (Å²) in [5, 5.41) is 7.09. The third-order valence-electron chi connectivity index (χ3n) is 3.81. The lowest BCUT2D eigenvalue weighted by Gasteiger charge is -2.17. The summed E-state index contributed by atoms with van der Waals surface area (Å²) in [4.78, 5) is 12.8. The molecule has 0 fully saturated rings. The lowest BCUT2D eigenvalue weighted by atomic mass is 10.2. The summed E-state index contributed by atoms with van der Waals surface area (Å²) in [7, 11) is 0. The Morgan fingerprint density at radius 1 is 1.29 bits per heavy atom. The van der Waals surface area contributed by atoms with E-state index in [4.69, 9.17) is 12.2 Å². The van der Waals surface area contributed by atoms with E-state index in [0.29, 0.717) is 16.2 Å². The number of rotatable bonds is 4. The lowest BCUT2D eigenvalue weighted by Crippen LogP contribution is -2.26. The highest BCUT2D eigenvalue weighted by atomic mass is 32.1. The standard InChI is InChI=1S/C15H22N4OS/c1-6-10(4)19-13(16-17-15(19)21)12-8-7-11(5)18(9(2)3)14(12)20/h7-10H,6H2,1-5H3,(H,17,21). The Morgan fingerprint density at radius 3 is 2.52 bits per heavy atom. The van der Waals surface area contributed by atoms with Crippen LogP contribution in [0, 0.1) is 11.7 Å². The molecule has 0 aliphatic rings. The van der Waals surface area contributed by atoms with Crippen molar-refractivity contribution < 1.29 is 0 Å². The number of H-pyrrole nitrogens is 1. The zero-order valence-corrected chi connectivity index (χ0v) is 14.0. The Kier molecular flexibility index (Phi) is 4.46. The molecule has 0 aliphatic carbocycles. The molecular formula is C15H22N4OS. The van der Waals surface area contributed by atoms with Gasteiger partial charge in [-0.25, -0.2) is 0 Å². The molecule has 2 rings (SSSR count). The van der Waals surface area contributed by atoms with Crippen LogP contribution in [0.15, 0.2) is 16.9 Å². The Morgan fingerprint density at radius 2 is 1.95 bits per heavy atom. The third-order valence-corrected chi connectivity index (χ3v) is 4.10. The van der Waals surface area contributed by atoms with Gasteiger partial charge >= 0.3 is 0 Å². The fraction of sp³-hybridized carbons (Fsp3) is 0.533. The van der Waals surface area contributed by atoms with Gasteiger partial charge in [-0.1, -0.05) is 6.92 Å². The lowest BCUT2D eigenvalue weighted by molar-refractivity contribution is 0.526. The summed E-state index contributed by atoms with van der Waals surface area (Å²) in [6.45, 7) is 10.1. The second-order valence-corrected chi connectivity index (χ2v) is 6.02. The fourth-order valence-corrected chi connectivity index (χ4v) is 2.86. The average molecular weight is 306 g/mol. The van der Waals surface area contributed by atoms with E-state index in [-0.39, 0.29) is 17.6 Å². The van der Waals surface area contributed by atoms with Crippen molar-refractivity contribution in [3.8, 4) is 11.4 Å². The van der Waals surface area contributed by atoms with Gasteiger partial charge in [0.1, 0.15) is 0 Å². The maximum absolute atomic E-state index is 12.8. The van der Waals surface area contributed by atoms with Crippen LogP contribution in [0.2, 0.25) is 0 Å². The maximum Gasteiger partial charge on any atom is 0.262 e. The predicted molar refractivity (Wildman–Crippen MR) is 87.2 cm³/mol. The quantitative estimate of drug-likeness (QED) is 0.878. The summed E-state index contributed by atoms with van der Waals surface area (Å²) < 4.78 is 4.26. The molecule has 0 aliphatic heterocycles. The summed E-state index contributed by atoms with van der Waals surface area (Å²) in [6, 6.07) is 4.09. The summed E-state index contributed by atoms with van der Waals surface area (Å²) in [5.41, 5.74) is 1.51. The molecule has 0 radical (unpaired) electrons. The van der Waals surface area contributed by atoms with Crippen molar-refractivity contribution in [3.05, 3.63) is 33.0 Å². The van der Waals surface area contributed by atoms with Crippen molar-refractivity contribution in [1.29, 1.82) is 0 Å². The van der Waals surface area contributed by atoms with Gasteiger partial charge in [-0.15, -0.1) is 0 Å². The largest absolute Gasteiger partial charge is 0.310 e. The zero-order valence-electron chi connectivity index (χ0n) is 13.2. The second-order valence-electron chi connectivity index (χ2n) is 5.64. The van der Waals surface area contributed by atoms with Gasteiger partial charge in [0.05, 0.1) is 5.56 Å². The molecular weight excluding hydrogens is 284 g/mol. The summed E-state index contributed by atoms with van der Waals surface area (Å²) in [5.74, 6) is 0.619. The Hall–Kier alpha value is -1.69. The molecule has 2 aromatic heterocycles. The molecule has 114 valence electrons. The van der Waals surface area contributed by atoms with E-state index in [0.717, 1.165) is 12.1 Å². The third kappa shape index (κ3) is 2.72. The summed E-state index contributed by atoms with van der Waals surface area (Å²) >= 11 is 5.30. The molecule has 2 heterocycles. The van der Waals surface area contributed by atoms with Crippen molar-refractivity contribution >= 4 is 12.2 Å². The van der Waals surface area contributed by atoms with Gasteiger partial charge in [0.2, 0.25) is 0 Å². The number of aromatic nitrogens is 4. The molecule has 0 saturated carbocycles. The van der Waals surface area contributed by atoms with Crippen LogP contribution in [0.5, 0.6) is 0 Å². The van der Waals surface area contributed by atoms with Gasteiger partial charge in [0, 0.05) is 17.8 Å². The monoisotopic (exact) mass is 306 g/mol. The van der Waals surface area contributed by atoms with E-state index in [2.05, 4.69) is 24.0 Å². The first-order valence-electron chi connectivity index (χ1n) is 7.27. The highest BCUT2D eigenvalue weighted by Crippen LogP contribution is 2.21. The number of nitrogens with zero attached hydrogens (tertiary/aromatic N) is 3. The van der Waals surface area contributed by atoms with Gasteiger partial charge in [0.25, 0.3) is 5.56 Å². The fourth-order valence-electron chi connectivity index (χ4n) is 2.54. The SMILES string of the molecule is CCC(C)n1c(-c2ccc(C)n(C(C)C)c2=O)n[nH]c1=S. The topological polar surface area (TPSA) is 55.6 Å². The summed E-state index contributed by atoms with van der Waals surface area (Å²) in [6.07, 6.45) is 0.922. The first-order chi connectivity index (χ1) is 9.88. The van der Waals surface area contributed by atoms with Crippen molar-refractivity contribution in [2.45, 2.75) is 53.1 Å². The van der Waals surface area contributed by atoms with Crippen LogP contribution < -0.4 is 5.56 Å². The number of pyridine rings is 1. The van der Waals surface area contributed by atoms with Crippen molar-refractivity contribution in [1.82, 2.24) is 19.3 Å². The van der Waals surface area contributed by atoms with Crippen LogP contribution in [0.4, 0.5) is 0 Å². The molecule has 1 unspecified atom stereocenters. The molecule has 0 bridgehead atoms. The second kappa shape index (κ2) is 5.97. The molecule has 1 N–H and O–H groups in total. The highest BCUT2D eigenvalue weighted by molar-refractivity contribution is 7.71. The minimum absolute atomic E-state index is 0.0245. The van der Waals surface area contributed by atoms with Crippen LogP contribution in [-0.2, 0) is 0 Å². The van der Waals surface area contributed by atoms with E-state index in [1.807, 2.05) is 37.5 Å². The van der Waals surface area contributed by atoms with Crippen LogP contribution >= 0.6 is 12.2 Å². The van der Waals surface area contributed by atoms with Gasteiger partial charge < -0.3 is 4.57 Å². The van der Waals surface area contributed by atoms with Crippen LogP contribution in [0.1, 0.15) is 51.9 Å². The smallest absolute Gasteiger partial charge is 0.262 e. The first kappa shape index (κ1) is 15.7. The van der Waals surface area contributed by atoms with Crippen molar-refractivity contribution in [3.63, 3.8) is 0 Å². The number of hydrogen-bond donors (Lipinski definition) is 1. The van der Waals surface area contributed by atoms with Crippen molar-refractivity contribution in [2.24, 2.45) is 0 Å². The Bertz CT molecular complexity index is 754. The minimum atomic E-state index is -0.0245. The van der Waals surface area contributed by atoms with E-state index < -0.39 is 0 Å². The Balaban J connectivity index is 2.73. The molecule has 1 atom stereocenters. The average Bonchev–Trinajstić information content (AvgIpc) is 2.79. The van der Waals surface area contributed by atoms with Gasteiger partial charge in [-0.2, -0.15) is 5.10 Å². The first-order valence-corrected chi connectivity index (χ1v) is 7.68. The van der Waals surface area contributed by atoms with Crippen molar-refractivity contribution in [2.75, 3.05) is 0 Å². The molecule has 0 saturated heterocycles. The van der Waals surface area contributed by atoms with E-state index in [1.54, 1.807) is 4.57 Å². The molecule has 6 heteroatoms. The maximum atomic E-state index is 12.8. The van der Waals surface area contributed by atoms with Crippen LogP contribution in [-0.4, -0.2) is 19.3 Å². The normalized spacial score (nSPS) is 12.9. The molecule has 0 aromatic carbocycles. The van der Waals surface area contributed by atoms with E-state index in [9.17, 15) is 4.79 Å². The number of aromatic amines is 1. The van der Waals surface area contributed by atoms with Gasteiger partial charge in [-0.05, 0) is 58.5 Å². The van der Waals surface area contributed by atoms with Gasteiger partial charge in [-0.3, -0.25) is 14.5 Å². The molecule has 2 aromatic rings. The van der Waals surface area contributed by atoms with E-state index >= 15 is 0 Å². The van der Waals surface area contributed by atoms with Crippen LogP contribution in [0.3, 0.4) is 0 Å². The molecule has 0 amide bonds. The molecule has 21 heavy (non-hydrogen) atoms. The predicted octanol–water partition coefficient (Wildman–Crippen LogP) is 3.63. The highest BCUT2D eigenvalue weighted by Gasteiger charge is 2.18. The van der Waals surface area contributed by atoms with Gasteiger partial charge in [0.15, 0.2) is 10.6 Å². The molecule has 5 nitrogen and oxygen atoms in total.